The molecule has 1 fully saturated rings. The quantitative estimate of drug-likeness (QED) is 0.534. The Morgan fingerprint density at radius 3 is 2.61 bits per heavy atom. The predicted octanol–water partition coefficient (Wildman–Crippen LogP) is 3.28. The van der Waals surface area contributed by atoms with Crippen molar-refractivity contribution in [1.29, 1.82) is 0 Å². The van der Waals surface area contributed by atoms with E-state index in [1.54, 1.807) is 0 Å². The largest absolute Gasteiger partial charge is 0.465 e. The number of rotatable bonds is 8. The van der Waals surface area contributed by atoms with E-state index >= 15 is 0 Å². The highest BCUT2D eigenvalue weighted by atomic mass is 16.5. The van der Waals surface area contributed by atoms with Crippen LogP contribution in [0.15, 0.2) is 0 Å². The van der Waals surface area contributed by atoms with Gasteiger partial charge in [-0.25, -0.2) is 0 Å². The van der Waals surface area contributed by atoms with Crippen molar-refractivity contribution in [3.8, 4) is 0 Å². The smallest absolute Gasteiger partial charge is 0.319 e. The van der Waals surface area contributed by atoms with Crippen LogP contribution in [-0.2, 0) is 9.53 Å². The van der Waals surface area contributed by atoms with Crippen LogP contribution < -0.4 is 5.32 Å². The molecule has 1 saturated carbocycles. The van der Waals surface area contributed by atoms with E-state index in [0.717, 1.165) is 25.2 Å². The summed E-state index contributed by atoms with van der Waals surface area (Å²) >= 11 is 0. The van der Waals surface area contributed by atoms with Crippen LogP contribution in [-0.4, -0.2) is 25.2 Å². The van der Waals surface area contributed by atoms with Crippen LogP contribution in [0, 0.1) is 5.92 Å². The Morgan fingerprint density at radius 1 is 1.28 bits per heavy atom. The molecule has 0 spiro atoms. The number of hydrogen-bond acceptors (Lipinski definition) is 3. The number of carbonyl (C=O) groups excluding carboxylic acids is 1. The Bertz CT molecular complexity index is 225. The van der Waals surface area contributed by atoms with E-state index in [2.05, 4.69) is 19.2 Å². The molecule has 0 amide bonds. The summed E-state index contributed by atoms with van der Waals surface area (Å²) in [5, 5.41) is 3.39. The van der Waals surface area contributed by atoms with E-state index in [1.807, 2.05) is 0 Å². The number of unbranched alkanes of at least 4 members (excludes halogenated alkanes) is 1. The van der Waals surface area contributed by atoms with E-state index in [1.165, 1.54) is 32.1 Å². The highest BCUT2D eigenvalue weighted by molar-refractivity contribution is 5.71. The van der Waals surface area contributed by atoms with Crippen LogP contribution in [0.25, 0.3) is 0 Å². The summed E-state index contributed by atoms with van der Waals surface area (Å²) < 4.78 is 5.16. The average Bonchev–Trinajstić information content (AvgIpc) is 2.41. The maximum atomic E-state index is 11.5. The maximum absolute atomic E-state index is 11.5. The Balaban J connectivity index is 2.19. The van der Waals surface area contributed by atoms with Gasteiger partial charge in [0.15, 0.2) is 0 Å². The SMILES string of the molecule is CCCCOC(=O)CNC(CC)C1CCCCC1. The van der Waals surface area contributed by atoms with E-state index < -0.39 is 0 Å². The third kappa shape index (κ3) is 5.85. The summed E-state index contributed by atoms with van der Waals surface area (Å²) in [5.74, 6) is 0.657. The minimum absolute atomic E-state index is 0.0993. The van der Waals surface area contributed by atoms with Gasteiger partial charge in [0.25, 0.3) is 0 Å². The normalized spacial score (nSPS) is 18.6. The molecule has 3 heteroatoms. The third-order valence-electron chi connectivity index (χ3n) is 3.93. The average molecular weight is 255 g/mol. The van der Waals surface area contributed by atoms with Gasteiger partial charge in [-0.1, -0.05) is 39.5 Å². The molecule has 1 unspecified atom stereocenters. The van der Waals surface area contributed by atoms with Crippen molar-refractivity contribution in [2.75, 3.05) is 13.2 Å². The minimum atomic E-state index is -0.0993. The summed E-state index contributed by atoms with van der Waals surface area (Å²) in [6.45, 7) is 5.24. The van der Waals surface area contributed by atoms with Crippen LogP contribution in [0.5, 0.6) is 0 Å². The molecule has 0 bridgehead atoms. The van der Waals surface area contributed by atoms with Gasteiger partial charge >= 0.3 is 5.97 Å². The van der Waals surface area contributed by atoms with Gasteiger partial charge in [-0.15, -0.1) is 0 Å². The molecule has 0 aromatic carbocycles. The lowest BCUT2D eigenvalue weighted by Crippen LogP contribution is -2.40. The fourth-order valence-corrected chi connectivity index (χ4v) is 2.78. The highest BCUT2D eigenvalue weighted by Crippen LogP contribution is 2.27. The monoisotopic (exact) mass is 255 g/mol. The molecule has 1 atom stereocenters. The van der Waals surface area contributed by atoms with Crippen molar-refractivity contribution in [2.45, 2.75) is 71.3 Å². The molecule has 1 aliphatic carbocycles. The van der Waals surface area contributed by atoms with Gasteiger partial charge in [0.05, 0.1) is 13.2 Å². The van der Waals surface area contributed by atoms with E-state index in [-0.39, 0.29) is 5.97 Å². The van der Waals surface area contributed by atoms with Crippen LogP contribution in [0.2, 0.25) is 0 Å². The zero-order valence-electron chi connectivity index (χ0n) is 12.0. The Hall–Kier alpha value is -0.570. The van der Waals surface area contributed by atoms with Gasteiger partial charge < -0.3 is 10.1 Å². The van der Waals surface area contributed by atoms with Crippen LogP contribution in [0.4, 0.5) is 0 Å². The molecule has 1 rings (SSSR count). The first-order chi connectivity index (χ1) is 8.77. The topological polar surface area (TPSA) is 38.3 Å². The van der Waals surface area contributed by atoms with E-state index in [9.17, 15) is 4.79 Å². The first-order valence-corrected chi connectivity index (χ1v) is 7.66. The molecule has 18 heavy (non-hydrogen) atoms. The van der Waals surface area contributed by atoms with Gasteiger partial charge in [-0.3, -0.25) is 4.79 Å². The van der Waals surface area contributed by atoms with Gasteiger partial charge in [0.2, 0.25) is 0 Å². The standard InChI is InChI=1S/C15H29NO2/c1-3-5-11-18-15(17)12-16-14(4-2)13-9-7-6-8-10-13/h13-14,16H,3-12H2,1-2H3. The fraction of sp³-hybridized carbons (Fsp3) is 0.933. The summed E-state index contributed by atoms with van der Waals surface area (Å²) in [4.78, 5) is 11.5. The second-order valence-corrected chi connectivity index (χ2v) is 5.37. The number of carbonyl (C=O) groups is 1. The Kier molecular flexibility index (Phi) is 8.06. The van der Waals surface area contributed by atoms with Gasteiger partial charge in [0, 0.05) is 6.04 Å². The van der Waals surface area contributed by atoms with Crippen molar-refractivity contribution in [3.63, 3.8) is 0 Å². The summed E-state index contributed by atoms with van der Waals surface area (Å²) in [6, 6.07) is 0.490. The van der Waals surface area contributed by atoms with Crippen molar-refractivity contribution < 1.29 is 9.53 Å². The first kappa shape index (κ1) is 15.5. The maximum Gasteiger partial charge on any atom is 0.319 e. The lowest BCUT2D eigenvalue weighted by Gasteiger charge is -2.30. The number of ether oxygens (including phenoxy) is 1. The summed E-state index contributed by atoms with van der Waals surface area (Å²) in [5.41, 5.74) is 0. The number of nitrogens with one attached hydrogen (secondary N) is 1. The summed E-state index contributed by atoms with van der Waals surface area (Å²) in [6.07, 6.45) is 9.85. The van der Waals surface area contributed by atoms with Crippen LogP contribution in [0.1, 0.15) is 65.2 Å². The second-order valence-electron chi connectivity index (χ2n) is 5.37. The predicted molar refractivity (Wildman–Crippen MR) is 74.5 cm³/mol. The zero-order chi connectivity index (χ0) is 13.2. The Morgan fingerprint density at radius 2 is 2.00 bits per heavy atom. The Labute approximate surface area is 112 Å². The first-order valence-electron chi connectivity index (χ1n) is 7.66. The molecule has 1 N–H and O–H groups in total. The van der Waals surface area contributed by atoms with Crippen molar-refractivity contribution >= 4 is 5.97 Å². The highest BCUT2D eigenvalue weighted by Gasteiger charge is 2.22. The second kappa shape index (κ2) is 9.37. The molecular weight excluding hydrogens is 226 g/mol. The fourth-order valence-electron chi connectivity index (χ4n) is 2.78. The van der Waals surface area contributed by atoms with E-state index in [0.29, 0.717) is 19.2 Å². The van der Waals surface area contributed by atoms with E-state index in [4.69, 9.17) is 4.74 Å². The molecule has 106 valence electrons. The van der Waals surface area contributed by atoms with Crippen LogP contribution >= 0.6 is 0 Å². The molecule has 0 saturated heterocycles. The molecule has 3 nitrogen and oxygen atoms in total. The molecule has 1 aliphatic rings. The van der Waals surface area contributed by atoms with Crippen molar-refractivity contribution in [3.05, 3.63) is 0 Å². The van der Waals surface area contributed by atoms with Crippen molar-refractivity contribution in [2.24, 2.45) is 5.92 Å². The molecule has 0 aromatic heterocycles. The number of esters is 1. The lowest BCUT2D eigenvalue weighted by molar-refractivity contribution is -0.142. The third-order valence-corrected chi connectivity index (χ3v) is 3.93. The number of hydrogen-bond donors (Lipinski definition) is 1. The molecule has 0 heterocycles. The molecular formula is C15H29NO2. The summed E-state index contributed by atoms with van der Waals surface area (Å²) in [7, 11) is 0. The van der Waals surface area contributed by atoms with Crippen molar-refractivity contribution in [1.82, 2.24) is 5.32 Å². The molecule has 0 aromatic rings. The van der Waals surface area contributed by atoms with Gasteiger partial charge in [-0.05, 0) is 31.6 Å². The molecule has 0 radical (unpaired) electrons. The van der Waals surface area contributed by atoms with Gasteiger partial charge in [0.1, 0.15) is 0 Å². The minimum Gasteiger partial charge on any atom is -0.465 e. The lowest BCUT2D eigenvalue weighted by atomic mass is 9.83. The molecule has 0 aliphatic heterocycles. The zero-order valence-corrected chi connectivity index (χ0v) is 12.0. The van der Waals surface area contributed by atoms with Crippen LogP contribution in [0.3, 0.4) is 0 Å². The van der Waals surface area contributed by atoms with Gasteiger partial charge in [-0.2, -0.15) is 0 Å².